The van der Waals surface area contributed by atoms with Crippen LogP contribution in [0.2, 0.25) is 0 Å². The first-order chi connectivity index (χ1) is 13.7. The van der Waals surface area contributed by atoms with Crippen molar-refractivity contribution in [2.45, 2.75) is 30.0 Å². The largest absolute Gasteiger partial charge is 0.497 e. The molecular formula is C22H25N3O2S. The van der Waals surface area contributed by atoms with Gasteiger partial charge in [-0.3, -0.25) is 0 Å². The van der Waals surface area contributed by atoms with E-state index in [1.807, 2.05) is 43.1 Å². The summed E-state index contributed by atoms with van der Waals surface area (Å²) in [7, 11) is 3.45. The van der Waals surface area contributed by atoms with E-state index < -0.39 is 0 Å². The maximum Gasteiger partial charge on any atom is 0.123 e. The van der Waals surface area contributed by atoms with E-state index in [9.17, 15) is 0 Å². The van der Waals surface area contributed by atoms with E-state index in [1.54, 1.807) is 14.2 Å². The Morgan fingerprint density at radius 1 is 1.18 bits per heavy atom. The first-order valence-electron chi connectivity index (χ1n) is 9.41. The van der Waals surface area contributed by atoms with Crippen molar-refractivity contribution in [2.24, 2.45) is 0 Å². The molecule has 4 rings (SSSR count). The van der Waals surface area contributed by atoms with Crippen LogP contribution in [0.25, 0.3) is 0 Å². The van der Waals surface area contributed by atoms with E-state index in [2.05, 4.69) is 39.1 Å². The van der Waals surface area contributed by atoms with Crippen LogP contribution in [0.5, 0.6) is 11.5 Å². The number of hydrogen-bond acceptors (Lipinski definition) is 5. The molecule has 0 fully saturated rings. The highest BCUT2D eigenvalue weighted by atomic mass is 32.2. The summed E-state index contributed by atoms with van der Waals surface area (Å²) in [6, 6.07) is 14.7. The number of rotatable bonds is 5. The molecule has 0 saturated heterocycles. The minimum absolute atomic E-state index is 0.315. The first kappa shape index (κ1) is 18.7. The number of aromatic nitrogens is 2. The van der Waals surface area contributed by atoms with Gasteiger partial charge in [0.1, 0.15) is 17.3 Å². The first-order valence-corrected chi connectivity index (χ1v) is 10.3. The summed E-state index contributed by atoms with van der Waals surface area (Å²) in [5, 5.41) is 0.315. The molecular weight excluding hydrogens is 370 g/mol. The molecule has 1 unspecified atom stereocenters. The second kappa shape index (κ2) is 8.19. The number of nitrogens with zero attached hydrogens (tertiary/aromatic N) is 2. The molecule has 0 amide bonds. The molecule has 1 aliphatic heterocycles. The third-order valence-corrected chi connectivity index (χ3v) is 6.40. The summed E-state index contributed by atoms with van der Waals surface area (Å²) in [5.41, 5.74) is 3.60. The van der Waals surface area contributed by atoms with Crippen LogP contribution in [0.3, 0.4) is 0 Å². The van der Waals surface area contributed by atoms with Gasteiger partial charge in [-0.2, -0.15) is 0 Å². The van der Waals surface area contributed by atoms with E-state index >= 15 is 0 Å². The summed E-state index contributed by atoms with van der Waals surface area (Å²) in [4.78, 5) is 11.4. The number of anilines is 1. The average Bonchev–Trinajstić information content (AvgIpc) is 3.05. The van der Waals surface area contributed by atoms with Gasteiger partial charge in [-0.25, -0.2) is 4.98 Å². The summed E-state index contributed by atoms with van der Waals surface area (Å²) >= 11 is 1.88. The van der Waals surface area contributed by atoms with Gasteiger partial charge in [-0.05, 0) is 37.6 Å². The average molecular weight is 396 g/mol. The lowest BCUT2D eigenvalue weighted by molar-refractivity contribution is 0.409. The number of ether oxygens (including phenoxy) is 2. The number of para-hydroxylation sites is 1. The number of benzene rings is 2. The zero-order valence-electron chi connectivity index (χ0n) is 16.4. The standard InChI is InChI=1S/C22H25N3O2S/c1-15-23-13-16(24-15)14-25-11-10-21(18-6-4-5-7-20(18)27-3)28-22-12-17(26-2)8-9-19(22)25/h4-9,12-13,21H,10-11,14H2,1-3H3,(H,23,24). The van der Waals surface area contributed by atoms with Gasteiger partial charge in [-0.1, -0.05) is 18.2 Å². The molecule has 28 heavy (non-hydrogen) atoms. The molecule has 2 aromatic carbocycles. The van der Waals surface area contributed by atoms with Crippen LogP contribution in [0.15, 0.2) is 53.6 Å². The Morgan fingerprint density at radius 3 is 2.79 bits per heavy atom. The van der Waals surface area contributed by atoms with Gasteiger partial charge in [0, 0.05) is 22.3 Å². The van der Waals surface area contributed by atoms with Crippen molar-refractivity contribution in [1.29, 1.82) is 0 Å². The van der Waals surface area contributed by atoms with Gasteiger partial charge < -0.3 is 19.4 Å². The van der Waals surface area contributed by atoms with Crippen LogP contribution in [0.4, 0.5) is 5.69 Å². The Kier molecular flexibility index (Phi) is 5.48. The number of thioether (sulfide) groups is 1. The van der Waals surface area contributed by atoms with Crippen molar-refractivity contribution in [2.75, 3.05) is 25.7 Å². The van der Waals surface area contributed by atoms with Crippen molar-refractivity contribution < 1.29 is 9.47 Å². The smallest absolute Gasteiger partial charge is 0.123 e. The number of nitrogens with one attached hydrogen (secondary N) is 1. The Morgan fingerprint density at radius 2 is 2.04 bits per heavy atom. The second-order valence-electron chi connectivity index (χ2n) is 6.89. The highest BCUT2D eigenvalue weighted by Gasteiger charge is 2.26. The lowest BCUT2D eigenvalue weighted by Gasteiger charge is -2.24. The minimum atomic E-state index is 0.315. The maximum absolute atomic E-state index is 5.63. The van der Waals surface area contributed by atoms with Crippen LogP contribution in [-0.4, -0.2) is 30.7 Å². The highest BCUT2D eigenvalue weighted by molar-refractivity contribution is 7.99. The van der Waals surface area contributed by atoms with Gasteiger partial charge >= 0.3 is 0 Å². The summed E-state index contributed by atoms with van der Waals surface area (Å²) in [5.74, 6) is 2.77. The molecule has 0 aliphatic carbocycles. The van der Waals surface area contributed by atoms with Crippen LogP contribution >= 0.6 is 11.8 Å². The fourth-order valence-electron chi connectivity index (χ4n) is 3.66. The molecule has 0 radical (unpaired) electrons. The van der Waals surface area contributed by atoms with Crippen LogP contribution in [0, 0.1) is 6.92 Å². The molecule has 146 valence electrons. The molecule has 0 saturated carbocycles. The molecule has 5 nitrogen and oxygen atoms in total. The van der Waals surface area contributed by atoms with Crippen molar-refractivity contribution >= 4 is 17.4 Å². The zero-order valence-corrected chi connectivity index (χ0v) is 17.3. The Labute approximate surface area is 170 Å². The molecule has 1 aliphatic rings. The van der Waals surface area contributed by atoms with E-state index in [4.69, 9.17) is 9.47 Å². The fourth-order valence-corrected chi connectivity index (χ4v) is 5.01. The third kappa shape index (κ3) is 3.83. The van der Waals surface area contributed by atoms with Crippen LogP contribution in [-0.2, 0) is 6.54 Å². The van der Waals surface area contributed by atoms with Gasteiger partial charge in [-0.15, -0.1) is 11.8 Å². The molecule has 1 atom stereocenters. The molecule has 1 aromatic heterocycles. The fraction of sp³-hybridized carbons (Fsp3) is 0.318. The van der Waals surface area contributed by atoms with E-state index in [-0.39, 0.29) is 0 Å². The maximum atomic E-state index is 5.63. The van der Waals surface area contributed by atoms with Crippen molar-refractivity contribution in [3.05, 3.63) is 65.7 Å². The van der Waals surface area contributed by atoms with E-state index in [1.165, 1.54) is 16.1 Å². The second-order valence-corrected chi connectivity index (χ2v) is 8.13. The SMILES string of the molecule is COc1ccc2c(c1)SC(c1ccccc1OC)CCN2Cc1cnc(C)[nH]1. The van der Waals surface area contributed by atoms with Gasteiger partial charge in [0.05, 0.1) is 38.3 Å². The van der Waals surface area contributed by atoms with Gasteiger partial charge in [0.15, 0.2) is 0 Å². The molecule has 3 aromatic rings. The Balaban J connectivity index is 1.69. The number of H-pyrrole nitrogens is 1. The normalized spacial score (nSPS) is 16.4. The third-order valence-electron chi connectivity index (χ3n) is 5.04. The van der Waals surface area contributed by atoms with E-state index in [0.717, 1.165) is 42.5 Å². The minimum Gasteiger partial charge on any atom is -0.497 e. The van der Waals surface area contributed by atoms with Crippen molar-refractivity contribution in [3.8, 4) is 11.5 Å². The van der Waals surface area contributed by atoms with E-state index in [0.29, 0.717) is 5.25 Å². The van der Waals surface area contributed by atoms with Crippen LogP contribution in [0.1, 0.15) is 28.8 Å². The van der Waals surface area contributed by atoms with Crippen molar-refractivity contribution in [1.82, 2.24) is 9.97 Å². The number of aryl methyl sites for hydroxylation is 1. The Bertz CT molecular complexity index is 956. The number of hydrogen-bond donors (Lipinski definition) is 1. The topological polar surface area (TPSA) is 50.4 Å². The van der Waals surface area contributed by atoms with Gasteiger partial charge in [0.2, 0.25) is 0 Å². The monoisotopic (exact) mass is 395 g/mol. The predicted octanol–water partition coefficient (Wildman–Crippen LogP) is 4.98. The molecule has 2 heterocycles. The number of methoxy groups -OCH3 is 2. The quantitative estimate of drug-likeness (QED) is 0.660. The number of imidazole rings is 1. The molecule has 0 spiro atoms. The Hall–Kier alpha value is -2.60. The predicted molar refractivity (Wildman–Crippen MR) is 114 cm³/mol. The number of aromatic amines is 1. The molecule has 1 N–H and O–H groups in total. The highest BCUT2D eigenvalue weighted by Crippen LogP contribution is 2.48. The van der Waals surface area contributed by atoms with Crippen molar-refractivity contribution in [3.63, 3.8) is 0 Å². The summed E-state index contributed by atoms with van der Waals surface area (Å²) in [6.45, 7) is 3.74. The summed E-state index contributed by atoms with van der Waals surface area (Å²) in [6.07, 6.45) is 2.95. The summed E-state index contributed by atoms with van der Waals surface area (Å²) < 4.78 is 11.1. The lowest BCUT2D eigenvalue weighted by Crippen LogP contribution is -2.24. The zero-order chi connectivity index (χ0) is 19.5. The van der Waals surface area contributed by atoms with Gasteiger partial charge in [0.25, 0.3) is 0 Å². The molecule has 0 bridgehead atoms. The van der Waals surface area contributed by atoms with Crippen LogP contribution < -0.4 is 14.4 Å². The lowest BCUT2D eigenvalue weighted by atomic mass is 10.1. The number of fused-ring (bicyclic) bond motifs is 1. The molecule has 6 heteroatoms.